The van der Waals surface area contributed by atoms with Crippen LogP contribution in [-0.2, 0) is 35.6 Å². The summed E-state index contributed by atoms with van der Waals surface area (Å²) in [6, 6.07) is 28.3. The number of hydrogen-bond acceptors (Lipinski definition) is 4. The van der Waals surface area contributed by atoms with E-state index in [9.17, 15) is 14.7 Å². The summed E-state index contributed by atoms with van der Waals surface area (Å²) in [6.45, 7) is 0.904. The molecule has 0 fully saturated rings. The molecule has 6 rings (SSSR count). The second-order valence-corrected chi connectivity index (χ2v) is 15.0. The summed E-state index contributed by atoms with van der Waals surface area (Å²) in [5.41, 5.74) is 6.48. The number of rotatable bonds is 11. The van der Waals surface area contributed by atoms with Crippen LogP contribution < -0.4 is 9.47 Å². The number of carboxylic acid groups (broad SMARTS) is 1. The van der Waals surface area contributed by atoms with Gasteiger partial charge in [-0.25, -0.2) is 0 Å². The van der Waals surface area contributed by atoms with Crippen LogP contribution in [0, 0.1) is 11.8 Å². The van der Waals surface area contributed by atoms with Gasteiger partial charge >= 0.3 is 5.97 Å². The number of benzene rings is 4. The molecule has 1 N–H and O–H groups in total. The second kappa shape index (κ2) is 15.3. The van der Waals surface area contributed by atoms with E-state index in [4.69, 9.17) is 9.47 Å². The van der Waals surface area contributed by atoms with Crippen LogP contribution in [0.15, 0.2) is 93.9 Å². The molecule has 1 amide bonds. The van der Waals surface area contributed by atoms with E-state index in [1.807, 2.05) is 66.7 Å². The maximum absolute atomic E-state index is 14.1. The Bertz CT molecular complexity index is 1750. The van der Waals surface area contributed by atoms with E-state index in [0.29, 0.717) is 13.2 Å². The Balaban J connectivity index is 1.27. The van der Waals surface area contributed by atoms with Crippen LogP contribution in [0.4, 0.5) is 0 Å². The Kier molecular flexibility index (Phi) is 10.9. The van der Waals surface area contributed by atoms with Crippen molar-refractivity contribution in [1.82, 2.24) is 4.90 Å². The van der Waals surface area contributed by atoms with Crippen molar-refractivity contribution < 1.29 is 24.2 Å². The first-order chi connectivity index (χ1) is 23.2. The molecule has 2 aliphatic rings. The lowest BCUT2D eigenvalue weighted by Crippen LogP contribution is -2.44. The van der Waals surface area contributed by atoms with E-state index >= 15 is 0 Å². The first-order valence-electron chi connectivity index (χ1n) is 16.6. The first-order valence-corrected chi connectivity index (χ1v) is 18.2. The number of ether oxygens (including phenoxy) is 2. The van der Waals surface area contributed by atoms with E-state index < -0.39 is 17.8 Å². The van der Waals surface area contributed by atoms with Crippen molar-refractivity contribution in [3.63, 3.8) is 0 Å². The Hall–Kier alpha value is -3.62. The van der Waals surface area contributed by atoms with Crippen LogP contribution in [0.3, 0.4) is 0 Å². The normalized spacial score (nSPS) is 18.2. The zero-order valence-electron chi connectivity index (χ0n) is 27.3. The number of fused-ring (bicyclic) bond motifs is 2. The fourth-order valence-electron chi connectivity index (χ4n) is 7.53. The van der Waals surface area contributed by atoms with Crippen molar-refractivity contribution in [2.75, 3.05) is 14.1 Å². The molecule has 0 saturated heterocycles. The molecule has 0 aliphatic heterocycles. The monoisotopic (exact) mass is 773 g/mol. The fourth-order valence-corrected chi connectivity index (χ4v) is 8.06. The number of carbonyl (C=O) groups excluding carboxylic acids is 1. The second-order valence-electron chi connectivity index (χ2n) is 13.2. The predicted octanol–water partition coefficient (Wildman–Crippen LogP) is 9.31. The lowest BCUT2D eigenvalue weighted by atomic mass is 9.64. The molecule has 0 heterocycles. The average molecular weight is 776 g/mol. The molecule has 0 aromatic heterocycles. The number of carbonyl (C=O) groups is 2. The van der Waals surface area contributed by atoms with Gasteiger partial charge in [0.1, 0.15) is 24.7 Å². The molecule has 4 unspecified atom stereocenters. The van der Waals surface area contributed by atoms with Gasteiger partial charge in [0.15, 0.2) is 0 Å². The fraction of sp³-hybridized carbons (Fsp3) is 0.350. The molecule has 2 aliphatic carbocycles. The summed E-state index contributed by atoms with van der Waals surface area (Å²) in [5, 5.41) is 10.9. The van der Waals surface area contributed by atoms with E-state index in [0.717, 1.165) is 92.4 Å². The van der Waals surface area contributed by atoms with Crippen LogP contribution >= 0.6 is 31.9 Å². The molecule has 0 radical (unpaired) electrons. The van der Waals surface area contributed by atoms with E-state index in [-0.39, 0.29) is 17.7 Å². The van der Waals surface area contributed by atoms with Crippen molar-refractivity contribution in [3.05, 3.63) is 127 Å². The van der Waals surface area contributed by atoms with Gasteiger partial charge in [0.2, 0.25) is 5.91 Å². The van der Waals surface area contributed by atoms with Gasteiger partial charge in [-0.05, 0) is 132 Å². The van der Waals surface area contributed by atoms with Gasteiger partial charge < -0.3 is 19.5 Å². The number of aliphatic carboxylic acids is 1. The number of halogens is 2. The Morgan fingerprint density at radius 2 is 1.15 bits per heavy atom. The zero-order valence-corrected chi connectivity index (χ0v) is 30.5. The molecule has 0 saturated carbocycles. The maximum Gasteiger partial charge on any atom is 0.307 e. The quantitative estimate of drug-likeness (QED) is 0.165. The molecule has 6 nitrogen and oxygen atoms in total. The van der Waals surface area contributed by atoms with E-state index in [1.54, 1.807) is 19.0 Å². The van der Waals surface area contributed by atoms with Crippen molar-refractivity contribution in [2.24, 2.45) is 11.8 Å². The van der Waals surface area contributed by atoms with Gasteiger partial charge in [-0.15, -0.1) is 0 Å². The molecule has 4 atom stereocenters. The molecule has 0 spiro atoms. The third kappa shape index (κ3) is 7.81. The molecular formula is C40H41Br2NO5. The van der Waals surface area contributed by atoms with E-state index in [1.165, 1.54) is 0 Å². The Morgan fingerprint density at radius 1 is 0.708 bits per heavy atom. The third-order valence-corrected chi connectivity index (χ3v) is 10.9. The highest BCUT2D eigenvalue weighted by atomic mass is 79.9. The Labute approximate surface area is 299 Å². The van der Waals surface area contributed by atoms with Gasteiger partial charge in [0, 0.05) is 23.0 Å². The van der Waals surface area contributed by atoms with Crippen molar-refractivity contribution >= 4 is 43.7 Å². The molecule has 4 aromatic carbocycles. The van der Waals surface area contributed by atoms with Crippen LogP contribution in [0.2, 0.25) is 0 Å². The molecule has 8 heteroatoms. The van der Waals surface area contributed by atoms with Gasteiger partial charge in [0.05, 0.1) is 11.8 Å². The highest BCUT2D eigenvalue weighted by Crippen LogP contribution is 2.49. The topological polar surface area (TPSA) is 76.1 Å². The van der Waals surface area contributed by atoms with Gasteiger partial charge in [-0.1, -0.05) is 68.3 Å². The average Bonchev–Trinajstić information content (AvgIpc) is 3.09. The molecule has 48 heavy (non-hydrogen) atoms. The predicted molar refractivity (Wildman–Crippen MR) is 194 cm³/mol. The molecule has 4 aromatic rings. The summed E-state index contributed by atoms with van der Waals surface area (Å²) in [4.78, 5) is 29.0. The summed E-state index contributed by atoms with van der Waals surface area (Å²) >= 11 is 6.95. The van der Waals surface area contributed by atoms with Crippen molar-refractivity contribution in [1.29, 1.82) is 0 Å². The number of amides is 1. The van der Waals surface area contributed by atoms with Crippen molar-refractivity contribution in [3.8, 4) is 11.5 Å². The smallest absolute Gasteiger partial charge is 0.307 e. The SMILES string of the molecule is CN(C)C(=O)C(C1CCCc2cc(OCc3ccc(Br)cc3)ccc21)C(C(=O)O)C1CCCc2cc(OCc3ccc(Br)cc3)ccc21. The minimum Gasteiger partial charge on any atom is -0.489 e. The molecule has 0 bridgehead atoms. The minimum absolute atomic E-state index is 0.127. The number of hydrogen-bond donors (Lipinski definition) is 1. The summed E-state index contributed by atoms with van der Waals surface area (Å²) in [6.07, 6.45) is 4.97. The lowest BCUT2D eigenvalue weighted by Gasteiger charge is -2.40. The minimum atomic E-state index is -0.912. The van der Waals surface area contributed by atoms with E-state index in [2.05, 4.69) is 50.1 Å². The lowest BCUT2D eigenvalue weighted by molar-refractivity contribution is -0.152. The summed E-state index contributed by atoms with van der Waals surface area (Å²) in [7, 11) is 3.47. The Morgan fingerprint density at radius 3 is 1.56 bits per heavy atom. The third-order valence-electron chi connectivity index (χ3n) is 9.85. The van der Waals surface area contributed by atoms with Crippen molar-refractivity contribution in [2.45, 2.75) is 63.6 Å². The van der Waals surface area contributed by atoms with Gasteiger partial charge in [-0.2, -0.15) is 0 Å². The highest BCUT2D eigenvalue weighted by molar-refractivity contribution is 9.10. The maximum atomic E-state index is 14.1. The first kappa shape index (κ1) is 34.3. The zero-order chi connectivity index (χ0) is 33.8. The summed E-state index contributed by atoms with van der Waals surface area (Å²) < 4.78 is 14.3. The standard InChI is InChI=1S/C40H41Br2NO5/c1-43(2)39(44)37(35-7-3-5-27-21-31(17-19-33(27)35)47-23-25-9-13-29(41)14-10-25)38(40(45)46)36-8-4-6-28-22-32(18-20-34(28)36)48-24-26-11-15-30(42)16-12-26/h9-22,35-38H,3-8,23-24H2,1-2H3,(H,45,46). The molecular weight excluding hydrogens is 734 g/mol. The highest BCUT2D eigenvalue weighted by Gasteiger charge is 2.47. The van der Waals surface area contributed by atoms with Gasteiger partial charge in [-0.3, -0.25) is 9.59 Å². The van der Waals surface area contributed by atoms with Gasteiger partial charge in [0.25, 0.3) is 0 Å². The van der Waals surface area contributed by atoms with Crippen LogP contribution in [0.1, 0.15) is 70.9 Å². The largest absolute Gasteiger partial charge is 0.489 e. The van der Waals surface area contributed by atoms with Crippen LogP contribution in [0.5, 0.6) is 11.5 Å². The summed E-state index contributed by atoms with van der Waals surface area (Å²) in [5.74, 6) is -1.54. The number of carboxylic acids is 1. The van der Waals surface area contributed by atoms with Crippen LogP contribution in [-0.4, -0.2) is 36.0 Å². The van der Waals surface area contributed by atoms with Crippen LogP contribution in [0.25, 0.3) is 0 Å². The number of nitrogens with zero attached hydrogens (tertiary/aromatic N) is 1. The molecule has 250 valence electrons. The number of aryl methyl sites for hydroxylation is 2.